The van der Waals surface area contributed by atoms with Gasteiger partial charge in [-0.2, -0.15) is 5.06 Å². The summed E-state index contributed by atoms with van der Waals surface area (Å²) in [6.45, 7) is 0.253. The molecule has 0 saturated carbocycles. The molecule has 7 nitrogen and oxygen atoms in total. The maximum absolute atomic E-state index is 12.4. The monoisotopic (exact) mass is 318 g/mol. The van der Waals surface area contributed by atoms with Gasteiger partial charge in [0.2, 0.25) is 5.91 Å². The number of ether oxygens (including phenoxy) is 1. The van der Waals surface area contributed by atoms with E-state index in [1.54, 1.807) is 5.06 Å². The molecule has 2 fully saturated rings. The lowest BCUT2D eigenvalue weighted by Crippen LogP contribution is -2.35. The lowest BCUT2D eigenvalue weighted by molar-refractivity contribution is -0.181. The van der Waals surface area contributed by atoms with Gasteiger partial charge in [0.05, 0.1) is 25.5 Å². The molecule has 0 unspecified atom stereocenters. The zero-order valence-corrected chi connectivity index (χ0v) is 13.0. The van der Waals surface area contributed by atoms with Crippen LogP contribution >= 0.6 is 0 Å². The number of rotatable bonds is 4. The van der Waals surface area contributed by atoms with E-state index in [1.165, 1.54) is 14.2 Å². The molecule has 0 N–H and O–H groups in total. The number of fused-ring (bicyclic) bond motifs is 1. The smallest absolute Gasteiger partial charge is 0.306 e. The Bertz CT molecular complexity index is 633. The summed E-state index contributed by atoms with van der Waals surface area (Å²) in [4.78, 5) is 42.8. The molecule has 2 amide bonds. The van der Waals surface area contributed by atoms with Crippen molar-refractivity contribution in [3.05, 3.63) is 35.9 Å². The number of likely N-dealkylation sites (N-methyl/N-ethyl adjacent to an activating group) is 1. The molecule has 23 heavy (non-hydrogen) atoms. The highest BCUT2D eigenvalue weighted by molar-refractivity contribution is 6.07. The first-order valence-corrected chi connectivity index (χ1v) is 7.41. The third-order valence-electron chi connectivity index (χ3n) is 4.32. The molecule has 0 spiro atoms. The molecule has 2 saturated heterocycles. The van der Waals surface area contributed by atoms with Crippen molar-refractivity contribution in [2.45, 2.75) is 18.6 Å². The van der Waals surface area contributed by atoms with E-state index < -0.39 is 18.1 Å². The highest BCUT2D eigenvalue weighted by Crippen LogP contribution is 2.44. The summed E-state index contributed by atoms with van der Waals surface area (Å²) < 4.78 is 4.64. The van der Waals surface area contributed by atoms with Crippen LogP contribution in [0.5, 0.6) is 0 Å². The maximum atomic E-state index is 12.4. The van der Waals surface area contributed by atoms with Gasteiger partial charge in [0.25, 0.3) is 5.91 Å². The van der Waals surface area contributed by atoms with Crippen LogP contribution in [-0.4, -0.2) is 54.6 Å². The first kappa shape index (κ1) is 15.6. The Kier molecular flexibility index (Phi) is 4.14. The van der Waals surface area contributed by atoms with Crippen LogP contribution in [-0.2, 0) is 24.0 Å². The number of hydrogen-bond acceptors (Lipinski definition) is 6. The molecule has 2 aliphatic heterocycles. The van der Waals surface area contributed by atoms with Gasteiger partial charge in [-0.3, -0.25) is 24.1 Å². The predicted molar refractivity (Wildman–Crippen MR) is 78.7 cm³/mol. The molecule has 0 radical (unpaired) electrons. The summed E-state index contributed by atoms with van der Waals surface area (Å²) in [5.74, 6) is -1.56. The van der Waals surface area contributed by atoms with Crippen molar-refractivity contribution in [2.24, 2.45) is 5.92 Å². The van der Waals surface area contributed by atoms with E-state index in [9.17, 15) is 14.4 Å². The standard InChI is InChI=1S/C16H18N2O5/c1-17-15(20)12-13(10-6-4-3-5-7-10)18(9-8-11(19)22-2)23-14(12)16(17)21/h3-7,12-14H,8-9H2,1-2H3/t12-,13-,14+/m0/s1. The molecule has 7 heteroatoms. The lowest BCUT2D eigenvalue weighted by atomic mass is 9.91. The predicted octanol–water partition coefficient (Wildman–Crippen LogP) is 0.521. The Morgan fingerprint density at radius 1 is 1.22 bits per heavy atom. The Balaban J connectivity index is 1.89. The van der Waals surface area contributed by atoms with Crippen molar-refractivity contribution in [1.82, 2.24) is 9.96 Å². The largest absolute Gasteiger partial charge is 0.469 e. The lowest BCUT2D eigenvalue weighted by Gasteiger charge is -2.26. The Hall–Kier alpha value is -2.25. The van der Waals surface area contributed by atoms with Crippen LogP contribution < -0.4 is 0 Å². The molecule has 1 aromatic carbocycles. The normalized spacial score (nSPS) is 27.4. The SMILES string of the molecule is COC(=O)CCN1O[C@H]2C(=O)N(C)C(=O)[C@H]2[C@@H]1c1ccccc1. The Morgan fingerprint density at radius 2 is 1.91 bits per heavy atom. The van der Waals surface area contributed by atoms with Gasteiger partial charge in [0, 0.05) is 13.6 Å². The van der Waals surface area contributed by atoms with Gasteiger partial charge in [-0.1, -0.05) is 30.3 Å². The van der Waals surface area contributed by atoms with E-state index >= 15 is 0 Å². The fraction of sp³-hybridized carbons (Fsp3) is 0.438. The highest BCUT2D eigenvalue weighted by atomic mass is 16.7. The van der Waals surface area contributed by atoms with Crippen LogP contribution in [0.1, 0.15) is 18.0 Å². The van der Waals surface area contributed by atoms with Gasteiger partial charge in [0.15, 0.2) is 6.10 Å². The second-order valence-corrected chi connectivity index (χ2v) is 5.61. The van der Waals surface area contributed by atoms with Crippen molar-refractivity contribution in [3.63, 3.8) is 0 Å². The van der Waals surface area contributed by atoms with Gasteiger partial charge in [-0.05, 0) is 5.56 Å². The van der Waals surface area contributed by atoms with Crippen molar-refractivity contribution < 1.29 is 24.0 Å². The summed E-state index contributed by atoms with van der Waals surface area (Å²) in [6.07, 6.45) is -0.701. The number of benzene rings is 1. The topological polar surface area (TPSA) is 76.2 Å². The van der Waals surface area contributed by atoms with Crippen LogP contribution in [0.2, 0.25) is 0 Å². The van der Waals surface area contributed by atoms with E-state index in [4.69, 9.17) is 4.84 Å². The number of nitrogens with zero attached hydrogens (tertiary/aromatic N) is 2. The van der Waals surface area contributed by atoms with Gasteiger partial charge < -0.3 is 4.74 Å². The van der Waals surface area contributed by atoms with Crippen LogP contribution in [0.25, 0.3) is 0 Å². The second kappa shape index (κ2) is 6.10. The molecule has 3 atom stereocenters. The molecular formula is C16H18N2O5. The van der Waals surface area contributed by atoms with E-state index in [0.717, 1.165) is 10.5 Å². The Labute approximate surface area is 133 Å². The average Bonchev–Trinajstić information content (AvgIpc) is 3.05. The zero-order chi connectivity index (χ0) is 16.6. The number of carbonyl (C=O) groups excluding carboxylic acids is 3. The molecule has 0 aliphatic carbocycles. The van der Waals surface area contributed by atoms with Gasteiger partial charge in [0.1, 0.15) is 0 Å². The molecule has 2 aliphatic rings. The van der Waals surface area contributed by atoms with E-state index in [0.29, 0.717) is 0 Å². The number of methoxy groups -OCH3 is 1. The molecule has 0 aromatic heterocycles. The molecule has 122 valence electrons. The minimum Gasteiger partial charge on any atom is -0.469 e. The number of carbonyl (C=O) groups is 3. The number of hydroxylamine groups is 2. The van der Waals surface area contributed by atoms with Crippen molar-refractivity contribution >= 4 is 17.8 Å². The zero-order valence-electron chi connectivity index (χ0n) is 13.0. The number of esters is 1. The third kappa shape index (κ3) is 2.62. The van der Waals surface area contributed by atoms with E-state index in [2.05, 4.69) is 4.74 Å². The number of imide groups is 1. The van der Waals surface area contributed by atoms with Crippen LogP contribution in [0.4, 0.5) is 0 Å². The number of likely N-dealkylation sites (tertiary alicyclic amines) is 1. The van der Waals surface area contributed by atoms with Gasteiger partial charge in [-0.25, -0.2) is 0 Å². The molecule has 3 rings (SSSR count). The van der Waals surface area contributed by atoms with Gasteiger partial charge >= 0.3 is 5.97 Å². The second-order valence-electron chi connectivity index (χ2n) is 5.61. The fourth-order valence-electron chi connectivity index (χ4n) is 3.13. The molecular weight excluding hydrogens is 300 g/mol. The molecule has 1 aromatic rings. The molecule has 2 heterocycles. The minimum atomic E-state index is -0.824. The highest BCUT2D eigenvalue weighted by Gasteiger charge is 2.58. The van der Waals surface area contributed by atoms with Crippen LogP contribution in [0, 0.1) is 5.92 Å². The van der Waals surface area contributed by atoms with Gasteiger partial charge in [-0.15, -0.1) is 0 Å². The number of hydrogen-bond donors (Lipinski definition) is 0. The van der Waals surface area contributed by atoms with Crippen molar-refractivity contribution in [3.8, 4) is 0 Å². The first-order valence-electron chi connectivity index (χ1n) is 7.41. The summed E-state index contributed by atoms with van der Waals surface area (Å²) in [7, 11) is 2.78. The Morgan fingerprint density at radius 3 is 2.57 bits per heavy atom. The minimum absolute atomic E-state index is 0.123. The summed E-state index contributed by atoms with van der Waals surface area (Å²) in [6, 6.07) is 8.99. The van der Waals surface area contributed by atoms with Crippen LogP contribution in [0.3, 0.4) is 0 Å². The van der Waals surface area contributed by atoms with Crippen molar-refractivity contribution in [2.75, 3.05) is 20.7 Å². The molecule has 0 bridgehead atoms. The maximum Gasteiger partial charge on any atom is 0.306 e. The summed E-state index contributed by atoms with van der Waals surface area (Å²) in [5, 5.41) is 1.56. The van der Waals surface area contributed by atoms with E-state index in [-0.39, 0.29) is 30.7 Å². The third-order valence-corrected chi connectivity index (χ3v) is 4.32. The average molecular weight is 318 g/mol. The quantitative estimate of drug-likeness (QED) is 0.595. The van der Waals surface area contributed by atoms with E-state index in [1.807, 2.05) is 30.3 Å². The van der Waals surface area contributed by atoms with Crippen molar-refractivity contribution in [1.29, 1.82) is 0 Å². The summed E-state index contributed by atoms with van der Waals surface area (Å²) in [5.41, 5.74) is 0.876. The number of amides is 2. The fourth-order valence-corrected chi connectivity index (χ4v) is 3.13. The van der Waals surface area contributed by atoms with Crippen LogP contribution in [0.15, 0.2) is 30.3 Å². The summed E-state index contributed by atoms with van der Waals surface area (Å²) >= 11 is 0. The first-order chi connectivity index (χ1) is 11.0.